The maximum atomic E-state index is 12.3. The summed E-state index contributed by atoms with van der Waals surface area (Å²) < 4.78 is 0. The van der Waals surface area contributed by atoms with Gasteiger partial charge in [0.1, 0.15) is 0 Å². The van der Waals surface area contributed by atoms with Gasteiger partial charge in [-0.1, -0.05) is 43.3 Å². The molecule has 0 radical (unpaired) electrons. The molecule has 28 heavy (non-hydrogen) atoms. The van der Waals surface area contributed by atoms with Gasteiger partial charge in [-0.25, -0.2) is 0 Å². The minimum atomic E-state index is 0.0286. The first-order valence-electron chi connectivity index (χ1n) is 10.3. The standard InChI is InChI=1S/C24H32N2OS/c1-18-7-6-14-26(15-18)23-12-10-21(11-13-23)20(3)25-24(27)17-28-16-22-9-5-4-8-19(22)2/h4-5,8-13,18,20H,6-7,14-17H2,1-3H3,(H,25,27)/t18-,20+/m0/s1. The van der Waals surface area contributed by atoms with Gasteiger partial charge < -0.3 is 10.2 Å². The second kappa shape index (κ2) is 10.0. The first-order valence-corrected chi connectivity index (χ1v) is 11.4. The Morgan fingerprint density at radius 3 is 2.68 bits per heavy atom. The fourth-order valence-electron chi connectivity index (χ4n) is 3.79. The van der Waals surface area contributed by atoms with Crippen molar-refractivity contribution in [3.05, 3.63) is 65.2 Å². The molecule has 3 rings (SSSR count). The van der Waals surface area contributed by atoms with Crippen LogP contribution in [0.3, 0.4) is 0 Å². The molecule has 1 aliphatic rings. The van der Waals surface area contributed by atoms with E-state index in [1.807, 2.05) is 0 Å². The van der Waals surface area contributed by atoms with Crippen molar-refractivity contribution >= 4 is 23.4 Å². The van der Waals surface area contributed by atoms with Crippen LogP contribution in [0.15, 0.2) is 48.5 Å². The van der Waals surface area contributed by atoms with Gasteiger partial charge in [-0.2, -0.15) is 0 Å². The van der Waals surface area contributed by atoms with E-state index >= 15 is 0 Å². The van der Waals surface area contributed by atoms with E-state index in [1.54, 1.807) is 11.8 Å². The second-order valence-electron chi connectivity index (χ2n) is 7.99. The van der Waals surface area contributed by atoms with Gasteiger partial charge in [-0.3, -0.25) is 4.79 Å². The van der Waals surface area contributed by atoms with E-state index in [1.165, 1.54) is 29.7 Å². The minimum Gasteiger partial charge on any atom is -0.371 e. The van der Waals surface area contributed by atoms with Crippen LogP contribution in [0, 0.1) is 12.8 Å². The Morgan fingerprint density at radius 2 is 1.96 bits per heavy atom. The highest BCUT2D eigenvalue weighted by Gasteiger charge is 2.17. The molecule has 150 valence electrons. The zero-order valence-corrected chi connectivity index (χ0v) is 18.1. The first kappa shape index (κ1) is 20.8. The van der Waals surface area contributed by atoms with Crippen molar-refractivity contribution in [1.82, 2.24) is 5.32 Å². The lowest BCUT2D eigenvalue weighted by Crippen LogP contribution is -2.34. The molecule has 2 atom stereocenters. The van der Waals surface area contributed by atoms with Gasteiger partial charge in [0.05, 0.1) is 11.8 Å². The summed E-state index contributed by atoms with van der Waals surface area (Å²) in [7, 11) is 0. The van der Waals surface area contributed by atoms with Crippen LogP contribution in [-0.2, 0) is 10.5 Å². The molecule has 1 aliphatic heterocycles. The molecule has 3 nitrogen and oxygen atoms in total. The molecule has 0 spiro atoms. The molecule has 0 aromatic heterocycles. The number of benzene rings is 2. The quantitative estimate of drug-likeness (QED) is 0.685. The average molecular weight is 397 g/mol. The van der Waals surface area contributed by atoms with Gasteiger partial charge in [0.2, 0.25) is 5.91 Å². The Balaban J connectivity index is 1.46. The van der Waals surface area contributed by atoms with Gasteiger partial charge in [-0.15, -0.1) is 11.8 Å². The van der Waals surface area contributed by atoms with Crippen LogP contribution in [0.25, 0.3) is 0 Å². The summed E-state index contributed by atoms with van der Waals surface area (Å²) in [5.74, 6) is 2.23. The highest BCUT2D eigenvalue weighted by Crippen LogP contribution is 2.24. The van der Waals surface area contributed by atoms with Crippen LogP contribution < -0.4 is 10.2 Å². The Morgan fingerprint density at radius 1 is 1.21 bits per heavy atom. The predicted molar refractivity (Wildman–Crippen MR) is 121 cm³/mol. The average Bonchev–Trinajstić information content (AvgIpc) is 2.69. The number of rotatable bonds is 7. The normalized spacial score (nSPS) is 18.0. The minimum absolute atomic E-state index is 0.0286. The summed E-state index contributed by atoms with van der Waals surface area (Å²) >= 11 is 1.67. The molecule has 4 heteroatoms. The molecule has 0 saturated carbocycles. The number of thioether (sulfide) groups is 1. The lowest BCUT2D eigenvalue weighted by atomic mass is 9.99. The first-order chi connectivity index (χ1) is 13.5. The topological polar surface area (TPSA) is 32.3 Å². The number of hydrogen-bond acceptors (Lipinski definition) is 3. The maximum Gasteiger partial charge on any atom is 0.230 e. The molecule has 1 saturated heterocycles. The van der Waals surface area contributed by atoms with Crippen molar-refractivity contribution in [2.45, 2.75) is 45.4 Å². The fourth-order valence-corrected chi connectivity index (χ4v) is 4.70. The lowest BCUT2D eigenvalue weighted by molar-refractivity contribution is -0.119. The molecule has 2 aromatic carbocycles. The summed E-state index contributed by atoms with van der Waals surface area (Å²) in [5, 5.41) is 3.13. The van der Waals surface area contributed by atoms with E-state index in [9.17, 15) is 4.79 Å². The number of carbonyl (C=O) groups is 1. The molecule has 0 unspecified atom stereocenters. The number of piperidine rings is 1. The van der Waals surface area contributed by atoms with Gasteiger partial charge in [-0.05, 0) is 61.4 Å². The Kier molecular flexibility index (Phi) is 7.43. The lowest BCUT2D eigenvalue weighted by Gasteiger charge is -2.33. The molecule has 2 aromatic rings. The van der Waals surface area contributed by atoms with Crippen LogP contribution >= 0.6 is 11.8 Å². The van der Waals surface area contributed by atoms with Gasteiger partial charge in [0, 0.05) is 24.5 Å². The number of nitrogens with zero attached hydrogens (tertiary/aromatic N) is 1. The largest absolute Gasteiger partial charge is 0.371 e. The van der Waals surface area contributed by atoms with Crippen molar-refractivity contribution in [1.29, 1.82) is 0 Å². The summed E-state index contributed by atoms with van der Waals surface area (Å²) in [6.07, 6.45) is 2.61. The third kappa shape index (κ3) is 5.78. The van der Waals surface area contributed by atoms with E-state index in [-0.39, 0.29) is 11.9 Å². The number of anilines is 1. The molecule has 0 bridgehead atoms. The highest BCUT2D eigenvalue weighted by molar-refractivity contribution is 7.99. The van der Waals surface area contributed by atoms with Crippen molar-refractivity contribution in [3.8, 4) is 0 Å². The van der Waals surface area contributed by atoms with Gasteiger partial charge >= 0.3 is 0 Å². The van der Waals surface area contributed by atoms with Gasteiger partial charge in [0.15, 0.2) is 0 Å². The van der Waals surface area contributed by atoms with E-state index < -0.39 is 0 Å². The number of hydrogen-bond donors (Lipinski definition) is 1. The van der Waals surface area contributed by atoms with Crippen molar-refractivity contribution in [3.63, 3.8) is 0 Å². The second-order valence-corrected chi connectivity index (χ2v) is 8.98. The smallest absolute Gasteiger partial charge is 0.230 e. The maximum absolute atomic E-state index is 12.3. The Hall–Kier alpha value is -1.94. The van der Waals surface area contributed by atoms with E-state index in [0.717, 1.165) is 30.3 Å². The predicted octanol–water partition coefficient (Wildman–Crippen LogP) is 5.34. The van der Waals surface area contributed by atoms with Crippen molar-refractivity contribution in [2.24, 2.45) is 5.92 Å². The van der Waals surface area contributed by atoms with E-state index in [4.69, 9.17) is 0 Å². The summed E-state index contributed by atoms with van der Waals surface area (Å²) in [5.41, 5.74) is 5.04. The highest BCUT2D eigenvalue weighted by atomic mass is 32.2. The molecular weight excluding hydrogens is 364 g/mol. The van der Waals surface area contributed by atoms with Crippen molar-refractivity contribution < 1.29 is 4.79 Å². The SMILES string of the molecule is Cc1ccccc1CSCC(=O)N[C@H](C)c1ccc(N2CCC[C@H](C)C2)cc1. The molecule has 1 amide bonds. The monoisotopic (exact) mass is 396 g/mol. The van der Waals surface area contributed by atoms with Crippen LogP contribution in [0.5, 0.6) is 0 Å². The molecular formula is C24H32N2OS. The van der Waals surface area contributed by atoms with Crippen LogP contribution in [0.2, 0.25) is 0 Å². The molecule has 1 heterocycles. The van der Waals surface area contributed by atoms with E-state index in [2.05, 4.69) is 79.5 Å². The summed E-state index contributed by atoms with van der Waals surface area (Å²) in [4.78, 5) is 14.8. The summed E-state index contributed by atoms with van der Waals surface area (Å²) in [6, 6.07) is 17.1. The third-order valence-electron chi connectivity index (χ3n) is 5.54. The fraction of sp³-hybridized carbons (Fsp3) is 0.458. The zero-order chi connectivity index (χ0) is 19.9. The Labute approximate surface area is 173 Å². The number of aryl methyl sites for hydroxylation is 1. The number of amides is 1. The van der Waals surface area contributed by atoms with Crippen LogP contribution in [0.4, 0.5) is 5.69 Å². The van der Waals surface area contributed by atoms with Crippen LogP contribution in [-0.4, -0.2) is 24.7 Å². The third-order valence-corrected chi connectivity index (χ3v) is 6.53. The zero-order valence-electron chi connectivity index (χ0n) is 17.3. The number of nitrogens with one attached hydrogen (secondary N) is 1. The molecule has 0 aliphatic carbocycles. The number of carbonyl (C=O) groups excluding carboxylic acids is 1. The molecule has 1 N–H and O–H groups in total. The van der Waals surface area contributed by atoms with Crippen molar-refractivity contribution in [2.75, 3.05) is 23.7 Å². The summed E-state index contributed by atoms with van der Waals surface area (Å²) in [6.45, 7) is 8.79. The van der Waals surface area contributed by atoms with Gasteiger partial charge in [0.25, 0.3) is 0 Å². The van der Waals surface area contributed by atoms with Crippen LogP contribution in [0.1, 0.15) is 49.4 Å². The van der Waals surface area contributed by atoms with E-state index in [0.29, 0.717) is 5.75 Å². The Bertz CT molecular complexity index is 774. The molecule has 1 fully saturated rings.